The fourth-order valence-corrected chi connectivity index (χ4v) is 5.41. The monoisotopic (exact) mass is 534 g/mol. The molecule has 0 spiro atoms. The first kappa shape index (κ1) is 26.2. The number of nitrogens with one attached hydrogen (secondary N) is 1. The van der Waals surface area contributed by atoms with Crippen LogP contribution in [0, 0.1) is 5.92 Å². The van der Waals surface area contributed by atoms with Crippen LogP contribution in [0.2, 0.25) is 0 Å². The topological polar surface area (TPSA) is 116 Å². The number of anilines is 1. The fourth-order valence-electron chi connectivity index (χ4n) is 5.41. The Morgan fingerprint density at radius 2 is 1.59 bits per heavy atom. The number of carboxylic acid groups (broad SMARTS) is 1. The number of hydrogen-bond donors (Lipinski definition) is 2. The number of amides is 1. The normalized spacial score (nSPS) is 19.9. The number of fused-ring (bicyclic) bond motifs is 1. The van der Waals surface area contributed by atoms with Gasteiger partial charge in [-0.1, -0.05) is 24.3 Å². The molecule has 2 heterocycles. The summed E-state index contributed by atoms with van der Waals surface area (Å²) in [7, 11) is 4.60. The smallest absolute Gasteiger partial charge is 0.309 e. The molecule has 0 bridgehead atoms. The highest BCUT2D eigenvalue weighted by atomic mass is 16.7. The van der Waals surface area contributed by atoms with E-state index in [9.17, 15) is 14.7 Å². The van der Waals surface area contributed by atoms with Crippen LogP contribution in [-0.2, 0) is 9.59 Å². The minimum atomic E-state index is -0.951. The first-order chi connectivity index (χ1) is 18.9. The Morgan fingerprint density at radius 1 is 0.923 bits per heavy atom. The summed E-state index contributed by atoms with van der Waals surface area (Å²) >= 11 is 0. The number of carbonyl (C=O) groups is 2. The van der Waals surface area contributed by atoms with Crippen molar-refractivity contribution < 1.29 is 38.4 Å². The summed E-state index contributed by atoms with van der Waals surface area (Å²) in [5.41, 5.74) is 1.99. The zero-order valence-electron chi connectivity index (χ0n) is 21.9. The van der Waals surface area contributed by atoms with Crippen LogP contribution in [-0.4, -0.2) is 63.1 Å². The molecule has 3 aromatic carbocycles. The Bertz CT molecular complexity index is 1340. The highest BCUT2D eigenvalue weighted by Crippen LogP contribution is 2.48. The molecule has 2 aliphatic rings. The van der Waals surface area contributed by atoms with E-state index in [0.29, 0.717) is 41.0 Å². The molecule has 0 saturated carbocycles. The van der Waals surface area contributed by atoms with Crippen LogP contribution in [0.3, 0.4) is 0 Å². The van der Waals surface area contributed by atoms with E-state index in [1.165, 1.54) is 14.2 Å². The number of hydrogen-bond acceptors (Lipinski definition) is 8. The molecule has 0 radical (unpaired) electrons. The summed E-state index contributed by atoms with van der Waals surface area (Å²) in [5.74, 6) is 0.262. The van der Waals surface area contributed by atoms with Crippen molar-refractivity contribution in [2.75, 3.05) is 46.5 Å². The van der Waals surface area contributed by atoms with Gasteiger partial charge in [-0.05, 0) is 47.5 Å². The molecule has 10 nitrogen and oxygen atoms in total. The van der Waals surface area contributed by atoms with Gasteiger partial charge < -0.3 is 34.1 Å². The molecule has 3 atom stereocenters. The van der Waals surface area contributed by atoms with Gasteiger partial charge in [0, 0.05) is 18.5 Å². The van der Waals surface area contributed by atoms with E-state index in [1.54, 1.807) is 43.5 Å². The Labute approximate surface area is 226 Å². The number of carbonyl (C=O) groups excluding carboxylic acids is 1. The minimum Gasteiger partial charge on any atom is -0.497 e. The summed E-state index contributed by atoms with van der Waals surface area (Å²) in [5, 5.41) is 13.3. The Balaban J connectivity index is 1.49. The third kappa shape index (κ3) is 5.15. The number of nitrogens with zero attached hydrogens (tertiary/aromatic N) is 1. The second-order valence-electron chi connectivity index (χ2n) is 9.32. The molecule has 3 aromatic rings. The molecule has 1 fully saturated rings. The van der Waals surface area contributed by atoms with Gasteiger partial charge >= 0.3 is 5.97 Å². The predicted molar refractivity (Wildman–Crippen MR) is 142 cm³/mol. The Hall–Kier alpha value is -4.44. The zero-order chi connectivity index (χ0) is 27.5. The average Bonchev–Trinajstić information content (AvgIpc) is 3.57. The van der Waals surface area contributed by atoms with E-state index in [-0.39, 0.29) is 19.2 Å². The standard InChI is InChI=1S/C29H30N2O8/c1-35-19-10-7-17(8-11-19)28-26(29(33)34)20(18-9-12-21-24(13-18)39-16-38-21)14-31(28)15-25(32)30-27-22(36-2)5-4-6-23(27)37-3/h4-13,20,26,28H,14-16H2,1-3H3,(H,30,32)(H,33,34)/t20-,26+,28-/m1/s1. The number of benzene rings is 3. The number of aliphatic carboxylic acids is 1. The van der Waals surface area contributed by atoms with Gasteiger partial charge in [0.15, 0.2) is 11.5 Å². The van der Waals surface area contributed by atoms with Crippen LogP contribution in [0.5, 0.6) is 28.7 Å². The Kier molecular flexibility index (Phi) is 7.47. The lowest BCUT2D eigenvalue weighted by Gasteiger charge is -2.27. The highest BCUT2D eigenvalue weighted by Gasteiger charge is 2.48. The number of carboxylic acids is 1. The predicted octanol–water partition coefficient (Wildman–Crippen LogP) is 3.92. The summed E-state index contributed by atoms with van der Waals surface area (Å²) < 4.78 is 27.1. The van der Waals surface area contributed by atoms with Gasteiger partial charge in [0.2, 0.25) is 12.7 Å². The van der Waals surface area contributed by atoms with Crippen LogP contribution in [0.1, 0.15) is 23.1 Å². The number of methoxy groups -OCH3 is 3. The molecule has 1 saturated heterocycles. The summed E-state index contributed by atoms with van der Waals surface area (Å²) in [6.45, 7) is 0.408. The van der Waals surface area contributed by atoms with Gasteiger partial charge in [0.25, 0.3) is 0 Å². The second-order valence-corrected chi connectivity index (χ2v) is 9.32. The maximum absolute atomic E-state index is 13.4. The number of para-hydroxylation sites is 1. The van der Waals surface area contributed by atoms with E-state index in [0.717, 1.165) is 11.1 Å². The van der Waals surface area contributed by atoms with Crippen molar-refractivity contribution in [3.63, 3.8) is 0 Å². The van der Waals surface area contributed by atoms with Crippen LogP contribution >= 0.6 is 0 Å². The summed E-state index contributed by atoms with van der Waals surface area (Å²) in [4.78, 5) is 28.1. The maximum Gasteiger partial charge on any atom is 0.309 e. The molecule has 0 aromatic heterocycles. The average molecular weight is 535 g/mol. The van der Waals surface area contributed by atoms with Crippen molar-refractivity contribution >= 4 is 17.6 Å². The van der Waals surface area contributed by atoms with Crippen molar-refractivity contribution in [1.82, 2.24) is 4.90 Å². The van der Waals surface area contributed by atoms with Gasteiger partial charge in [-0.15, -0.1) is 0 Å². The molecule has 5 rings (SSSR count). The first-order valence-corrected chi connectivity index (χ1v) is 12.4. The van der Waals surface area contributed by atoms with E-state index in [4.69, 9.17) is 23.7 Å². The lowest BCUT2D eigenvalue weighted by Crippen LogP contribution is -2.35. The molecule has 0 aliphatic carbocycles. The van der Waals surface area contributed by atoms with Gasteiger partial charge in [0.05, 0.1) is 33.8 Å². The van der Waals surface area contributed by atoms with Gasteiger partial charge in [-0.2, -0.15) is 0 Å². The zero-order valence-corrected chi connectivity index (χ0v) is 21.9. The van der Waals surface area contributed by atoms with E-state index < -0.39 is 23.8 Å². The number of likely N-dealkylation sites (tertiary alicyclic amines) is 1. The van der Waals surface area contributed by atoms with Gasteiger partial charge in [0.1, 0.15) is 22.9 Å². The summed E-state index contributed by atoms with van der Waals surface area (Å²) in [6.07, 6.45) is 0. The van der Waals surface area contributed by atoms with Crippen molar-refractivity contribution in [3.05, 3.63) is 71.8 Å². The van der Waals surface area contributed by atoms with E-state index in [1.807, 2.05) is 29.2 Å². The fraction of sp³-hybridized carbons (Fsp3) is 0.310. The number of ether oxygens (including phenoxy) is 5. The van der Waals surface area contributed by atoms with E-state index in [2.05, 4.69) is 5.32 Å². The van der Waals surface area contributed by atoms with E-state index >= 15 is 0 Å². The van der Waals surface area contributed by atoms with Gasteiger partial charge in [-0.25, -0.2) is 0 Å². The molecule has 39 heavy (non-hydrogen) atoms. The van der Waals surface area contributed by atoms with Crippen molar-refractivity contribution in [2.24, 2.45) is 5.92 Å². The SMILES string of the molecule is COc1ccc([C@@H]2[C@@H](C(=O)O)[C@@H](c3ccc4c(c3)OCO4)CN2CC(=O)Nc2c(OC)cccc2OC)cc1. The Morgan fingerprint density at radius 3 is 2.23 bits per heavy atom. The van der Waals surface area contributed by atoms with Crippen molar-refractivity contribution in [3.8, 4) is 28.7 Å². The van der Waals surface area contributed by atoms with Crippen molar-refractivity contribution in [1.29, 1.82) is 0 Å². The molecule has 1 amide bonds. The molecule has 10 heteroatoms. The second kappa shape index (κ2) is 11.1. The third-order valence-corrected chi connectivity index (χ3v) is 7.20. The molecular formula is C29H30N2O8. The lowest BCUT2D eigenvalue weighted by molar-refractivity contribution is -0.143. The molecule has 2 aliphatic heterocycles. The molecular weight excluding hydrogens is 504 g/mol. The van der Waals surface area contributed by atoms with Crippen molar-refractivity contribution in [2.45, 2.75) is 12.0 Å². The maximum atomic E-state index is 13.4. The van der Waals surface area contributed by atoms with Crippen LogP contribution in [0.15, 0.2) is 60.7 Å². The minimum absolute atomic E-state index is 0.0528. The molecule has 2 N–H and O–H groups in total. The van der Waals surface area contributed by atoms with Crippen LogP contribution in [0.4, 0.5) is 5.69 Å². The molecule has 0 unspecified atom stereocenters. The van der Waals surface area contributed by atoms with Gasteiger partial charge in [-0.3, -0.25) is 14.5 Å². The highest BCUT2D eigenvalue weighted by molar-refractivity contribution is 5.95. The largest absolute Gasteiger partial charge is 0.497 e. The first-order valence-electron chi connectivity index (χ1n) is 12.4. The van der Waals surface area contributed by atoms with Crippen LogP contribution in [0.25, 0.3) is 0 Å². The summed E-state index contributed by atoms with van der Waals surface area (Å²) in [6, 6.07) is 17.4. The number of rotatable bonds is 9. The van der Waals surface area contributed by atoms with Crippen LogP contribution < -0.4 is 29.0 Å². The third-order valence-electron chi connectivity index (χ3n) is 7.20. The quantitative estimate of drug-likeness (QED) is 0.421. The molecule has 204 valence electrons. The lowest BCUT2D eigenvalue weighted by atomic mass is 9.82.